The maximum absolute atomic E-state index is 12.6. The number of imide groups is 1. The lowest BCUT2D eigenvalue weighted by Crippen LogP contribution is -2.29. The summed E-state index contributed by atoms with van der Waals surface area (Å²) in [7, 11) is 0. The van der Waals surface area contributed by atoms with E-state index >= 15 is 0 Å². The molecule has 0 bridgehead atoms. The van der Waals surface area contributed by atoms with Crippen LogP contribution in [-0.4, -0.2) is 24.4 Å². The van der Waals surface area contributed by atoms with Crippen molar-refractivity contribution < 1.29 is 23.9 Å². The van der Waals surface area contributed by atoms with Crippen LogP contribution in [0.5, 0.6) is 11.5 Å². The first-order chi connectivity index (χ1) is 15.8. The summed E-state index contributed by atoms with van der Waals surface area (Å²) in [4.78, 5) is 38.4. The normalized spacial score (nSPS) is 12.6. The van der Waals surface area contributed by atoms with E-state index in [9.17, 15) is 14.4 Å². The minimum Gasteiger partial charge on any atom is -0.494 e. The molecule has 0 spiro atoms. The van der Waals surface area contributed by atoms with Gasteiger partial charge >= 0.3 is 5.97 Å². The number of carbonyl (C=O) groups is 3. The van der Waals surface area contributed by atoms with Gasteiger partial charge in [0.05, 0.1) is 23.4 Å². The van der Waals surface area contributed by atoms with Crippen molar-refractivity contribution in [2.24, 2.45) is 0 Å². The predicted octanol–water partition coefficient (Wildman–Crippen LogP) is 5.52. The Bertz CT molecular complexity index is 1180. The molecule has 1 aliphatic heterocycles. The topological polar surface area (TPSA) is 72.9 Å². The Morgan fingerprint density at radius 2 is 1.45 bits per heavy atom. The van der Waals surface area contributed by atoms with E-state index in [1.54, 1.807) is 48.5 Å². The van der Waals surface area contributed by atoms with Crippen molar-refractivity contribution in [2.45, 2.75) is 26.7 Å². The zero-order valence-electron chi connectivity index (χ0n) is 18.3. The van der Waals surface area contributed by atoms with Crippen LogP contribution in [0.3, 0.4) is 0 Å². The number of benzene rings is 3. The second-order valence-electron chi connectivity index (χ2n) is 7.78. The van der Waals surface area contributed by atoms with Crippen LogP contribution >= 0.6 is 11.6 Å². The van der Waals surface area contributed by atoms with Gasteiger partial charge in [0.1, 0.15) is 11.5 Å². The first-order valence-corrected chi connectivity index (χ1v) is 10.9. The van der Waals surface area contributed by atoms with Gasteiger partial charge in [0, 0.05) is 11.4 Å². The van der Waals surface area contributed by atoms with Gasteiger partial charge in [-0.15, -0.1) is 0 Å². The molecule has 0 atom stereocenters. The van der Waals surface area contributed by atoms with Gasteiger partial charge in [0.2, 0.25) is 0 Å². The SMILES string of the molecule is Cc1cc(OCCCC(=O)Oc2ccc(N3C(=O)c4ccccc4C3=O)cc2)cc(C)c1Cl. The zero-order valence-corrected chi connectivity index (χ0v) is 19.0. The molecule has 2 amide bonds. The van der Waals surface area contributed by atoms with E-state index in [1.165, 1.54) is 0 Å². The van der Waals surface area contributed by atoms with Crippen molar-refractivity contribution in [3.05, 3.63) is 87.9 Å². The van der Waals surface area contributed by atoms with E-state index in [0.29, 0.717) is 41.3 Å². The Hall–Kier alpha value is -3.64. The monoisotopic (exact) mass is 463 g/mol. The maximum Gasteiger partial charge on any atom is 0.311 e. The quantitative estimate of drug-likeness (QED) is 0.199. The summed E-state index contributed by atoms with van der Waals surface area (Å²) >= 11 is 6.16. The van der Waals surface area contributed by atoms with Crippen LogP contribution in [0.25, 0.3) is 0 Å². The number of halogens is 1. The first-order valence-electron chi connectivity index (χ1n) is 10.5. The highest BCUT2D eigenvalue weighted by Gasteiger charge is 2.36. The average molecular weight is 464 g/mol. The number of hydrogen-bond donors (Lipinski definition) is 0. The van der Waals surface area contributed by atoms with Gasteiger partial charge in [-0.25, -0.2) is 4.90 Å². The molecule has 4 rings (SSSR count). The largest absolute Gasteiger partial charge is 0.494 e. The molecular weight excluding hydrogens is 442 g/mol. The maximum atomic E-state index is 12.6. The molecule has 0 unspecified atom stereocenters. The van der Waals surface area contributed by atoms with E-state index in [-0.39, 0.29) is 18.2 Å². The third-order valence-corrected chi connectivity index (χ3v) is 5.92. The second-order valence-corrected chi connectivity index (χ2v) is 8.16. The van der Waals surface area contributed by atoms with Gasteiger partial charge in [-0.05, 0) is 79.9 Å². The molecule has 1 heterocycles. The molecule has 168 valence electrons. The van der Waals surface area contributed by atoms with Gasteiger partial charge in [0.25, 0.3) is 11.8 Å². The van der Waals surface area contributed by atoms with Crippen molar-refractivity contribution in [3.63, 3.8) is 0 Å². The molecule has 0 saturated carbocycles. The molecular formula is C26H22ClNO5. The Kier molecular flexibility index (Phi) is 6.47. The summed E-state index contributed by atoms with van der Waals surface area (Å²) in [5.41, 5.74) is 3.06. The van der Waals surface area contributed by atoms with Crippen LogP contribution in [0.4, 0.5) is 5.69 Å². The summed E-state index contributed by atoms with van der Waals surface area (Å²) in [5.74, 6) is -0.0786. The number of nitrogens with zero attached hydrogens (tertiary/aromatic N) is 1. The Labute approximate surface area is 196 Å². The smallest absolute Gasteiger partial charge is 0.311 e. The van der Waals surface area contributed by atoms with Gasteiger partial charge in [-0.2, -0.15) is 0 Å². The molecule has 6 nitrogen and oxygen atoms in total. The van der Waals surface area contributed by atoms with E-state index in [2.05, 4.69) is 0 Å². The lowest BCUT2D eigenvalue weighted by atomic mass is 10.1. The standard InChI is InChI=1S/C26H22ClNO5/c1-16-14-20(15-17(2)24(16)27)32-13-5-8-23(29)33-19-11-9-18(10-12-19)28-25(30)21-6-3-4-7-22(21)26(28)31/h3-4,6-7,9-12,14-15H,5,8,13H2,1-2H3. The number of anilines is 1. The van der Waals surface area contributed by atoms with Crippen LogP contribution in [0.1, 0.15) is 44.7 Å². The lowest BCUT2D eigenvalue weighted by Gasteiger charge is -2.14. The van der Waals surface area contributed by atoms with Gasteiger partial charge < -0.3 is 9.47 Å². The number of rotatable bonds is 7. The number of carbonyl (C=O) groups excluding carboxylic acids is 3. The highest BCUT2D eigenvalue weighted by atomic mass is 35.5. The van der Waals surface area contributed by atoms with Crippen molar-refractivity contribution >= 4 is 35.1 Å². The van der Waals surface area contributed by atoms with Crippen molar-refractivity contribution in [2.75, 3.05) is 11.5 Å². The molecule has 0 radical (unpaired) electrons. The predicted molar refractivity (Wildman–Crippen MR) is 125 cm³/mol. The third-order valence-electron chi connectivity index (χ3n) is 5.32. The molecule has 1 aliphatic rings. The fraction of sp³-hybridized carbons (Fsp3) is 0.192. The highest BCUT2D eigenvalue weighted by Crippen LogP contribution is 2.29. The molecule has 0 saturated heterocycles. The number of aryl methyl sites for hydroxylation is 2. The lowest BCUT2D eigenvalue weighted by molar-refractivity contribution is -0.134. The Morgan fingerprint density at radius 1 is 0.879 bits per heavy atom. The van der Waals surface area contributed by atoms with Crippen molar-refractivity contribution in [1.29, 1.82) is 0 Å². The molecule has 33 heavy (non-hydrogen) atoms. The van der Waals surface area contributed by atoms with E-state index in [4.69, 9.17) is 21.1 Å². The fourth-order valence-electron chi connectivity index (χ4n) is 3.67. The van der Waals surface area contributed by atoms with Crippen molar-refractivity contribution in [1.82, 2.24) is 0 Å². The molecule has 0 fully saturated rings. The number of esters is 1. The van der Waals surface area contributed by atoms with Crippen LogP contribution in [0.2, 0.25) is 5.02 Å². The fourth-order valence-corrected chi connectivity index (χ4v) is 3.77. The number of amides is 2. The van der Waals surface area contributed by atoms with E-state index < -0.39 is 5.97 Å². The van der Waals surface area contributed by atoms with Crippen LogP contribution in [-0.2, 0) is 4.79 Å². The third kappa shape index (κ3) is 4.76. The Morgan fingerprint density at radius 3 is 2.03 bits per heavy atom. The summed E-state index contributed by atoms with van der Waals surface area (Å²) in [5, 5.41) is 0.722. The van der Waals surface area contributed by atoms with Crippen LogP contribution in [0.15, 0.2) is 60.7 Å². The summed E-state index contributed by atoms with van der Waals surface area (Å²) in [6.07, 6.45) is 0.679. The number of hydrogen-bond acceptors (Lipinski definition) is 5. The van der Waals surface area contributed by atoms with E-state index in [0.717, 1.165) is 21.0 Å². The molecule has 0 N–H and O–H groups in total. The van der Waals surface area contributed by atoms with Crippen LogP contribution in [0, 0.1) is 13.8 Å². The Balaban J connectivity index is 1.28. The minimum absolute atomic E-state index is 0.186. The summed E-state index contributed by atoms with van der Waals surface area (Å²) in [6.45, 7) is 4.20. The minimum atomic E-state index is -0.393. The van der Waals surface area contributed by atoms with Crippen LogP contribution < -0.4 is 14.4 Å². The molecule has 3 aromatic carbocycles. The number of ether oxygens (including phenoxy) is 2. The number of fused-ring (bicyclic) bond motifs is 1. The van der Waals surface area contributed by atoms with Crippen molar-refractivity contribution in [3.8, 4) is 11.5 Å². The molecule has 0 aromatic heterocycles. The first kappa shape index (κ1) is 22.6. The summed E-state index contributed by atoms with van der Waals surface area (Å²) in [6, 6.07) is 16.7. The molecule has 0 aliphatic carbocycles. The molecule has 7 heteroatoms. The summed E-state index contributed by atoms with van der Waals surface area (Å²) < 4.78 is 11.1. The van der Waals surface area contributed by atoms with Gasteiger partial charge in [-0.3, -0.25) is 14.4 Å². The van der Waals surface area contributed by atoms with Gasteiger partial charge in [0.15, 0.2) is 0 Å². The van der Waals surface area contributed by atoms with E-state index in [1.807, 2.05) is 26.0 Å². The van der Waals surface area contributed by atoms with Gasteiger partial charge in [-0.1, -0.05) is 23.7 Å². The average Bonchev–Trinajstić information content (AvgIpc) is 3.06. The second kappa shape index (κ2) is 9.46. The molecule has 3 aromatic rings. The highest BCUT2D eigenvalue weighted by molar-refractivity contribution is 6.34. The zero-order chi connectivity index (χ0) is 23.5.